The van der Waals surface area contributed by atoms with Crippen molar-refractivity contribution in [2.24, 2.45) is 17.8 Å². The summed E-state index contributed by atoms with van der Waals surface area (Å²) >= 11 is 0. The van der Waals surface area contributed by atoms with E-state index in [9.17, 15) is 14.4 Å². The average Bonchev–Trinajstić information content (AvgIpc) is 2.97. The Labute approximate surface area is 170 Å². The van der Waals surface area contributed by atoms with Crippen molar-refractivity contribution in [3.05, 3.63) is 71.3 Å². The smallest absolute Gasteiger partial charge is 0.257 e. The second-order valence-corrected chi connectivity index (χ2v) is 7.89. The van der Waals surface area contributed by atoms with E-state index in [1.807, 2.05) is 51.1 Å². The minimum absolute atomic E-state index is 0.00568. The Morgan fingerprint density at radius 2 is 1.79 bits per heavy atom. The van der Waals surface area contributed by atoms with Crippen molar-refractivity contribution < 1.29 is 14.4 Å². The summed E-state index contributed by atoms with van der Waals surface area (Å²) in [5.74, 6) is -1.48. The highest BCUT2D eigenvalue weighted by Crippen LogP contribution is 2.41. The number of carbonyl (C=O) groups excluding carboxylic acids is 3. The fraction of sp³-hybridized carbons (Fsp3) is 0.292. The van der Waals surface area contributed by atoms with E-state index in [2.05, 4.69) is 5.32 Å². The van der Waals surface area contributed by atoms with Crippen LogP contribution in [0.5, 0.6) is 0 Å². The lowest BCUT2D eigenvalue weighted by Gasteiger charge is -2.22. The quantitative estimate of drug-likeness (QED) is 0.631. The van der Waals surface area contributed by atoms with E-state index >= 15 is 0 Å². The van der Waals surface area contributed by atoms with Gasteiger partial charge in [-0.1, -0.05) is 43.3 Å². The molecule has 0 bridgehead atoms. The predicted octanol–water partition coefficient (Wildman–Crippen LogP) is 4.26. The molecule has 1 aliphatic heterocycles. The zero-order valence-corrected chi connectivity index (χ0v) is 16.8. The number of benzene rings is 2. The summed E-state index contributed by atoms with van der Waals surface area (Å²) < 4.78 is 0. The van der Waals surface area contributed by atoms with Crippen LogP contribution in [0.3, 0.4) is 0 Å². The Kier molecular flexibility index (Phi) is 4.82. The van der Waals surface area contributed by atoms with Gasteiger partial charge in [-0.15, -0.1) is 0 Å². The number of para-hydroxylation sites is 1. The standard InChI is InChI=1S/C24H24N2O3/c1-14-8-7-12-19(16(14)3)25-22(27)17-10-4-5-13-20(17)26-23(28)18-11-6-9-15(2)21(18)24(26)29/h4-10,12-13,15,18,21H,11H2,1-3H3,(H,25,27)/t15-,18+,21-/m0/s1. The van der Waals surface area contributed by atoms with Crippen LogP contribution in [0.4, 0.5) is 11.4 Å². The zero-order valence-electron chi connectivity index (χ0n) is 16.8. The number of hydrogen-bond acceptors (Lipinski definition) is 3. The van der Waals surface area contributed by atoms with E-state index in [1.54, 1.807) is 24.3 Å². The first-order chi connectivity index (χ1) is 13.9. The number of carbonyl (C=O) groups is 3. The molecule has 148 valence electrons. The lowest BCUT2D eigenvalue weighted by molar-refractivity contribution is -0.122. The summed E-state index contributed by atoms with van der Waals surface area (Å²) in [5, 5.41) is 2.93. The van der Waals surface area contributed by atoms with Crippen molar-refractivity contribution in [3.8, 4) is 0 Å². The van der Waals surface area contributed by atoms with Crippen LogP contribution in [0.15, 0.2) is 54.6 Å². The van der Waals surface area contributed by atoms with Gasteiger partial charge >= 0.3 is 0 Å². The lowest BCUT2D eigenvalue weighted by Crippen LogP contribution is -2.33. The first-order valence-electron chi connectivity index (χ1n) is 9.91. The second-order valence-electron chi connectivity index (χ2n) is 7.89. The van der Waals surface area contributed by atoms with Crippen molar-refractivity contribution in [3.63, 3.8) is 0 Å². The lowest BCUT2D eigenvalue weighted by atomic mass is 9.78. The van der Waals surface area contributed by atoms with Gasteiger partial charge in [-0.25, -0.2) is 4.90 Å². The number of nitrogens with zero attached hydrogens (tertiary/aromatic N) is 1. The molecule has 29 heavy (non-hydrogen) atoms. The van der Waals surface area contributed by atoms with Crippen LogP contribution in [0, 0.1) is 31.6 Å². The molecule has 4 rings (SSSR count). The predicted molar refractivity (Wildman–Crippen MR) is 113 cm³/mol. The van der Waals surface area contributed by atoms with E-state index in [-0.39, 0.29) is 35.5 Å². The topological polar surface area (TPSA) is 66.5 Å². The fourth-order valence-corrected chi connectivity index (χ4v) is 4.32. The van der Waals surface area contributed by atoms with E-state index in [0.29, 0.717) is 17.7 Å². The first kappa shape index (κ1) is 19.1. The molecule has 0 aromatic heterocycles. The molecule has 2 aromatic carbocycles. The highest BCUT2D eigenvalue weighted by Gasteiger charge is 2.51. The molecule has 5 heteroatoms. The third-order valence-corrected chi connectivity index (χ3v) is 6.12. The molecular weight excluding hydrogens is 364 g/mol. The minimum Gasteiger partial charge on any atom is -0.322 e. The molecule has 2 aromatic rings. The van der Waals surface area contributed by atoms with Crippen molar-refractivity contribution in [2.45, 2.75) is 27.2 Å². The largest absolute Gasteiger partial charge is 0.322 e. The van der Waals surface area contributed by atoms with Crippen molar-refractivity contribution in [1.82, 2.24) is 0 Å². The van der Waals surface area contributed by atoms with Crippen LogP contribution in [-0.2, 0) is 9.59 Å². The number of nitrogens with one attached hydrogen (secondary N) is 1. The van der Waals surface area contributed by atoms with Crippen LogP contribution in [-0.4, -0.2) is 17.7 Å². The molecule has 1 heterocycles. The summed E-state index contributed by atoms with van der Waals surface area (Å²) in [6.45, 7) is 5.89. The zero-order chi connectivity index (χ0) is 20.7. The van der Waals surface area contributed by atoms with Crippen molar-refractivity contribution in [2.75, 3.05) is 10.2 Å². The Bertz CT molecular complexity index is 1040. The Morgan fingerprint density at radius 1 is 1.03 bits per heavy atom. The van der Waals surface area contributed by atoms with Crippen LogP contribution in [0.1, 0.15) is 34.8 Å². The molecule has 1 fully saturated rings. The molecule has 1 aliphatic carbocycles. The number of fused-ring (bicyclic) bond motifs is 1. The van der Waals surface area contributed by atoms with Gasteiger partial charge < -0.3 is 5.32 Å². The molecule has 1 saturated heterocycles. The molecule has 3 amide bonds. The van der Waals surface area contributed by atoms with Crippen LogP contribution in [0.2, 0.25) is 0 Å². The number of imide groups is 1. The van der Waals surface area contributed by atoms with E-state index in [4.69, 9.17) is 0 Å². The number of anilines is 2. The van der Waals surface area contributed by atoms with Gasteiger partial charge in [-0.2, -0.15) is 0 Å². The first-order valence-corrected chi connectivity index (χ1v) is 9.91. The summed E-state index contributed by atoms with van der Waals surface area (Å²) in [7, 11) is 0. The molecule has 0 spiro atoms. The van der Waals surface area contributed by atoms with Crippen molar-refractivity contribution >= 4 is 29.1 Å². The summed E-state index contributed by atoms with van der Waals surface area (Å²) in [6, 6.07) is 12.5. The average molecular weight is 388 g/mol. The molecule has 5 nitrogen and oxygen atoms in total. The number of aryl methyl sites for hydroxylation is 1. The van der Waals surface area contributed by atoms with E-state index in [1.165, 1.54) is 4.90 Å². The van der Waals surface area contributed by atoms with Gasteiger partial charge in [0.2, 0.25) is 11.8 Å². The Morgan fingerprint density at radius 3 is 2.55 bits per heavy atom. The number of allylic oxidation sites excluding steroid dienone is 2. The van der Waals surface area contributed by atoms with Crippen LogP contribution >= 0.6 is 0 Å². The maximum absolute atomic E-state index is 13.1. The number of hydrogen-bond donors (Lipinski definition) is 1. The van der Waals surface area contributed by atoms with Gasteiger partial charge in [0.1, 0.15) is 0 Å². The van der Waals surface area contributed by atoms with Gasteiger partial charge in [0.25, 0.3) is 5.91 Å². The van der Waals surface area contributed by atoms with Gasteiger partial charge in [-0.05, 0) is 55.5 Å². The molecular formula is C24H24N2O3. The monoisotopic (exact) mass is 388 g/mol. The van der Waals surface area contributed by atoms with Gasteiger partial charge in [-0.3, -0.25) is 14.4 Å². The molecule has 2 aliphatic rings. The third-order valence-electron chi connectivity index (χ3n) is 6.12. The molecule has 3 atom stereocenters. The second kappa shape index (κ2) is 7.32. The highest BCUT2D eigenvalue weighted by molar-refractivity contribution is 6.25. The SMILES string of the molecule is Cc1cccc(NC(=O)c2ccccc2N2C(=O)[C@H]3[C@@H](C)C=CC[C@H]3C2=O)c1C. The normalized spacial score (nSPS) is 23.3. The van der Waals surface area contributed by atoms with E-state index < -0.39 is 0 Å². The summed E-state index contributed by atoms with van der Waals surface area (Å²) in [4.78, 5) is 40.5. The third kappa shape index (κ3) is 3.16. The highest BCUT2D eigenvalue weighted by atomic mass is 16.2. The Hall–Kier alpha value is -3.21. The van der Waals surface area contributed by atoms with Gasteiger partial charge in [0.15, 0.2) is 0 Å². The number of rotatable bonds is 3. The van der Waals surface area contributed by atoms with Crippen LogP contribution < -0.4 is 10.2 Å². The van der Waals surface area contributed by atoms with Crippen LogP contribution in [0.25, 0.3) is 0 Å². The molecule has 0 radical (unpaired) electrons. The Balaban J connectivity index is 1.69. The maximum Gasteiger partial charge on any atom is 0.257 e. The summed E-state index contributed by atoms with van der Waals surface area (Å²) in [6.07, 6.45) is 4.53. The number of amides is 3. The summed E-state index contributed by atoms with van der Waals surface area (Å²) in [5.41, 5.74) is 3.45. The molecule has 0 unspecified atom stereocenters. The van der Waals surface area contributed by atoms with E-state index in [0.717, 1.165) is 16.8 Å². The minimum atomic E-state index is -0.359. The van der Waals surface area contributed by atoms with Crippen molar-refractivity contribution in [1.29, 1.82) is 0 Å². The van der Waals surface area contributed by atoms with Gasteiger partial charge in [0.05, 0.1) is 23.1 Å². The molecule has 0 saturated carbocycles. The maximum atomic E-state index is 13.1. The van der Waals surface area contributed by atoms with Gasteiger partial charge in [0, 0.05) is 5.69 Å². The molecule has 1 N–H and O–H groups in total. The fourth-order valence-electron chi connectivity index (χ4n) is 4.32.